The molecule has 0 saturated carbocycles. The largest absolute Gasteiger partial charge is 0.256 e. The van der Waals surface area contributed by atoms with Crippen LogP contribution in [0.15, 0.2) is 0 Å². The molecule has 1 N–H and O–H groups in total. The number of hydrogen-bond donors (Lipinski definition) is 1. The summed E-state index contributed by atoms with van der Waals surface area (Å²) >= 11 is 3.00. The van der Waals surface area contributed by atoms with Gasteiger partial charge in [-0.05, 0) is 0 Å². The van der Waals surface area contributed by atoms with Crippen molar-refractivity contribution in [2.24, 2.45) is 0 Å². The molecule has 34 valence electrons. The molecule has 0 aromatic carbocycles. The molecule has 0 unspecified atom stereocenters. The van der Waals surface area contributed by atoms with Gasteiger partial charge in [0.2, 0.25) is 0 Å². The lowest BCUT2D eigenvalue weighted by molar-refractivity contribution is 1.05. The van der Waals surface area contributed by atoms with Gasteiger partial charge in [-0.2, -0.15) is 0 Å². The van der Waals surface area contributed by atoms with Crippen molar-refractivity contribution in [3.63, 3.8) is 0 Å². The van der Waals surface area contributed by atoms with Crippen LogP contribution < -0.4 is 4.34 Å². The van der Waals surface area contributed by atoms with Crippen molar-refractivity contribution < 1.29 is 0 Å². The van der Waals surface area contributed by atoms with Crippen LogP contribution >= 0.6 is 28.6 Å². The summed E-state index contributed by atoms with van der Waals surface area (Å²) in [6.07, 6.45) is 0. The zero-order valence-corrected chi connectivity index (χ0v) is 5.40. The smallest absolute Gasteiger partial charge is 0.00874 e. The minimum absolute atomic E-state index is 0. The van der Waals surface area contributed by atoms with Crippen molar-refractivity contribution in [1.82, 2.24) is 4.34 Å². The molecule has 5 heavy (non-hydrogen) atoms. The van der Waals surface area contributed by atoms with Gasteiger partial charge in [0.15, 0.2) is 0 Å². The van der Waals surface area contributed by atoms with Gasteiger partial charge in [-0.15, -0.1) is 12.4 Å². The van der Waals surface area contributed by atoms with Gasteiger partial charge in [-0.1, -0.05) is 6.92 Å². The van der Waals surface area contributed by atoms with Gasteiger partial charge in [0.25, 0.3) is 0 Å². The molecule has 0 heterocycles. The Hall–Kier alpha value is 0.730. The van der Waals surface area contributed by atoms with E-state index in [0.29, 0.717) is 0 Å². The molecule has 0 amide bonds. The van der Waals surface area contributed by atoms with E-state index in [1.54, 1.807) is 0 Å². The maximum Gasteiger partial charge on any atom is 0.00874 e. The molecule has 3 heteroatoms. The topological polar surface area (TPSA) is 12.0 Å². The zero-order chi connectivity index (χ0) is 3.41. The summed E-state index contributed by atoms with van der Waals surface area (Å²) in [6, 6.07) is 0. The fourth-order valence-corrected chi connectivity index (χ4v) is 0. The molecule has 0 aliphatic heterocycles. The van der Waals surface area contributed by atoms with E-state index in [-0.39, 0.29) is 12.4 Å². The third-order valence-corrected chi connectivity index (χ3v) is 0.694. The average Bonchev–Trinajstić information content (AvgIpc) is 1.37. The van der Waals surface area contributed by atoms with E-state index in [1.807, 2.05) is 6.92 Å². The Labute approximate surface area is 46.9 Å². The van der Waals surface area contributed by atoms with E-state index in [2.05, 4.69) is 20.5 Å². The summed E-state index contributed by atoms with van der Waals surface area (Å²) in [5.41, 5.74) is 0. The normalized spacial score (nSPS) is 6.00. The summed E-state index contributed by atoms with van der Waals surface area (Å²) < 4.78 is 2.74. The van der Waals surface area contributed by atoms with Crippen molar-refractivity contribution in [2.45, 2.75) is 6.92 Å². The van der Waals surface area contributed by atoms with Crippen molar-refractivity contribution in [3.8, 4) is 0 Å². The molecule has 0 fully saturated rings. The fourth-order valence-electron chi connectivity index (χ4n) is 0. The molecular weight excluding hydrogens is 153 g/mol. The average molecular weight is 160 g/mol. The summed E-state index contributed by atoms with van der Waals surface area (Å²) in [4.78, 5) is 0. The number of nitrogens with one attached hydrogen (secondary N) is 1. The molecule has 0 bridgehead atoms. The Bertz CT molecular complexity index is 11.6. The second kappa shape index (κ2) is 8.83. The van der Waals surface area contributed by atoms with Gasteiger partial charge >= 0.3 is 0 Å². The minimum atomic E-state index is 0. The second-order valence-corrected chi connectivity index (χ2v) is 1.05. The highest BCUT2D eigenvalue weighted by atomic mass is 79.9. The second-order valence-electron chi connectivity index (χ2n) is 0.487. The van der Waals surface area contributed by atoms with Crippen LogP contribution in [0.5, 0.6) is 0 Å². The Balaban J connectivity index is 0. The Morgan fingerprint density at radius 2 is 2.00 bits per heavy atom. The molecule has 0 spiro atoms. The minimum Gasteiger partial charge on any atom is -0.256 e. The monoisotopic (exact) mass is 159 g/mol. The molecule has 1 nitrogen and oxygen atoms in total. The number of rotatable bonds is 1. The fraction of sp³-hybridized carbons (Fsp3) is 1.00. The molecule has 0 aromatic heterocycles. The van der Waals surface area contributed by atoms with E-state index < -0.39 is 0 Å². The van der Waals surface area contributed by atoms with Crippen LogP contribution in [0.25, 0.3) is 0 Å². The van der Waals surface area contributed by atoms with Gasteiger partial charge in [-0.3, -0.25) is 4.34 Å². The predicted octanol–water partition coefficient (Wildman–Crippen LogP) is 1.33. The Morgan fingerprint density at radius 3 is 2.00 bits per heavy atom. The van der Waals surface area contributed by atoms with Gasteiger partial charge in [0, 0.05) is 22.7 Å². The number of hydrogen-bond acceptors (Lipinski definition) is 1. The van der Waals surface area contributed by atoms with Gasteiger partial charge in [0.1, 0.15) is 0 Å². The third-order valence-electron chi connectivity index (χ3n) is 0.134. The quantitative estimate of drug-likeness (QED) is 0.571. The van der Waals surface area contributed by atoms with Crippen LogP contribution in [0.4, 0.5) is 0 Å². The van der Waals surface area contributed by atoms with Gasteiger partial charge < -0.3 is 0 Å². The first-order chi connectivity index (χ1) is 1.91. The highest BCUT2D eigenvalue weighted by Crippen LogP contribution is 1.58. The maximum absolute atomic E-state index is 3.00. The lowest BCUT2D eigenvalue weighted by Gasteiger charge is -1.72. The molecule has 0 atom stereocenters. The molecule has 0 aliphatic rings. The molecule has 0 rings (SSSR count). The lowest BCUT2D eigenvalue weighted by atomic mass is 10.8. The Morgan fingerprint density at radius 1 is 1.80 bits per heavy atom. The predicted molar refractivity (Wildman–Crippen MR) is 29.9 cm³/mol. The first kappa shape index (κ1) is 9.21. The highest BCUT2D eigenvalue weighted by Gasteiger charge is 1.53. The maximum atomic E-state index is 3.00. The summed E-state index contributed by atoms with van der Waals surface area (Å²) in [5, 5.41) is 0. The van der Waals surface area contributed by atoms with Crippen LogP contribution in [0.3, 0.4) is 0 Å². The van der Waals surface area contributed by atoms with Crippen LogP contribution in [-0.2, 0) is 0 Å². The molecule has 0 radical (unpaired) electrons. The van der Waals surface area contributed by atoms with Crippen LogP contribution in [0.2, 0.25) is 0 Å². The van der Waals surface area contributed by atoms with Crippen molar-refractivity contribution in [3.05, 3.63) is 0 Å². The van der Waals surface area contributed by atoms with E-state index >= 15 is 0 Å². The molecular formula is C2H7BrClN. The van der Waals surface area contributed by atoms with E-state index in [1.165, 1.54) is 0 Å². The summed E-state index contributed by atoms with van der Waals surface area (Å²) in [6.45, 7) is 3.01. The van der Waals surface area contributed by atoms with Gasteiger partial charge in [-0.25, -0.2) is 0 Å². The first-order valence-electron chi connectivity index (χ1n) is 1.25. The Kier molecular flexibility index (Phi) is 16.3. The third kappa shape index (κ3) is 11.8. The van der Waals surface area contributed by atoms with Crippen molar-refractivity contribution >= 4 is 28.6 Å². The standard InChI is InChI=1S/C2H6BrN.ClH/c1-2-4-3;/h4H,2H2,1H3;1H. The van der Waals surface area contributed by atoms with Gasteiger partial charge in [0.05, 0.1) is 0 Å². The SMILES string of the molecule is CCNBr.Cl. The zero-order valence-electron chi connectivity index (χ0n) is 2.99. The highest BCUT2D eigenvalue weighted by molar-refractivity contribution is 9.08. The molecule has 0 aromatic rings. The van der Waals surface area contributed by atoms with Crippen molar-refractivity contribution in [1.29, 1.82) is 0 Å². The molecule has 0 aliphatic carbocycles. The van der Waals surface area contributed by atoms with Crippen LogP contribution in [0, 0.1) is 0 Å². The van der Waals surface area contributed by atoms with E-state index in [9.17, 15) is 0 Å². The summed E-state index contributed by atoms with van der Waals surface area (Å²) in [5.74, 6) is 0. The first-order valence-corrected chi connectivity index (χ1v) is 2.04. The van der Waals surface area contributed by atoms with Crippen LogP contribution in [-0.4, -0.2) is 6.54 Å². The summed E-state index contributed by atoms with van der Waals surface area (Å²) in [7, 11) is 0. The van der Waals surface area contributed by atoms with E-state index in [4.69, 9.17) is 0 Å². The van der Waals surface area contributed by atoms with Crippen LogP contribution in [0.1, 0.15) is 6.92 Å². The number of halogens is 2. The lowest BCUT2D eigenvalue weighted by Crippen LogP contribution is -1.90. The molecule has 0 saturated heterocycles. The van der Waals surface area contributed by atoms with E-state index in [0.717, 1.165) is 6.54 Å². The van der Waals surface area contributed by atoms with Crippen molar-refractivity contribution in [2.75, 3.05) is 6.54 Å².